The third-order valence-corrected chi connectivity index (χ3v) is 7.51. The molecule has 0 saturated heterocycles. The predicted octanol–water partition coefficient (Wildman–Crippen LogP) is 5.28. The Kier molecular flexibility index (Phi) is 7.72. The van der Waals surface area contributed by atoms with Crippen LogP contribution in [0.3, 0.4) is 0 Å². The molecule has 1 aliphatic rings. The number of carboxylic acids is 1. The fraction of sp³-hybridized carbons (Fsp3) is 0.308. The Morgan fingerprint density at radius 1 is 1.03 bits per heavy atom. The van der Waals surface area contributed by atoms with Crippen molar-refractivity contribution in [2.24, 2.45) is 0 Å². The van der Waals surface area contributed by atoms with Gasteiger partial charge in [0.1, 0.15) is 11.6 Å². The Morgan fingerprint density at radius 3 is 2.18 bits per heavy atom. The molecule has 2 aromatic carbocycles. The Balaban J connectivity index is 2.07. The average molecular weight is 465 g/mol. The lowest BCUT2D eigenvalue weighted by Gasteiger charge is -2.24. The smallest absolute Gasteiger partial charge is 0.347 e. The zero-order valence-corrected chi connectivity index (χ0v) is 19.7. The highest BCUT2D eigenvalue weighted by molar-refractivity contribution is 7.96. The van der Waals surface area contributed by atoms with Crippen LogP contribution >= 0.6 is 0 Å². The first-order valence-corrected chi connectivity index (χ1v) is 12.6. The van der Waals surface area contributed by atoms with E-state index in [2.05, 4.69) is 18.7 Å². The maximum absolute atomic E-state index is 13.2. The van der Waals surface area contributed by atoms with Crippen LogP contribution in [0.2, 0.25) is 0 Å². The molecule has 0 saturated carbocycles. The van der Waals surface area contributed by atoms with Crippen LogP contribution in [0.1, 0.15) is 50.7 Å². The average Bonchev–Trinajstić information content (AvgIpc) is 3.02. The number of hydrogen-bond donors (Lipinski definition) is 1. The van der Waals surface area contributed by atoms with E-state index in [-0.39, 0.29) is 20.9 Å². The largest absolute Gasteiger partial charge is 0.477 e. The van der Waals surface area contributed by atoms with E-state index in [1.54, 1.807) is 18.2 Å². The second kappa shape index (κ2) is 10.5. The summed E-state index contributed by atoms with van der Waals surface area (Å²) >= 11 is 0. The third-order valence-electron chi connectivity index (χ3n) is 5.68. The van der Waals surface area contributed by atoms with Crippen molar-refractivity contribution >= 4 is 33.1 Å². The molecule has 0 fully saturated rings. The zero-order chi connectivity index (χ0) is 24.0. The van der Waals surface area contributed by atoms with Crippen molar-refractivity contribution in [2.45, 2.75) is 44.4 Å². The van der Waals surface area contributed by atoms with Gasteiger partial charge >= 0.3 is 5.97 Å². The SMILES string of the molecule is CCCCN(CCCC)c1ccc(C=C2C(=C(C#N)C(=O)O)c3ccccc3S2(=O)=O)cc1. The molecule has 0 aromatic heterocycles. The van der Waals surface area contributed by atoms with Gasteiger partial charge in [0.05, 0.1) is 9.80 Å². The second-order valence-electron chi connectivity index (χ2n) is 7.96. The fourth-order valence-corrected chi connectivity index (χ4v) is 5.64. The minimum atomic E-state index is -3.95. The van der Waals surface area contributed by atoms with Crippen molar-refractivity contribution in [3.05, 3.63) is 70.1 Å². The quantitative estimate of drug-likeness (QED) is 0.400. The second-order valence-corrected chi connectivity index (χ2v) is 9.85. The molecule has 0 aliphatic carbocycles. The van der Waals surface area contributed by atoms with E-state index in [0.717, 1.165) is 44.5 Å². The van der Waals surface area contributed by atoms with Gasteiger partial charge in [-0.25, -0.2) is 13.2 Å². The highest BCUT2D eigenvalue weighted by Gasteiger charge is 2.39. The van der Waals surface area contributed by atoms with Gasteiger partial charge in [-0.15, -0.1) is 0 Å². The highest BCUT2D eigenvalue weighted by Crippen LogP contribution is 2.45. The molecule has 1 N–H and O–H groups in total. The monoisotopic (exact) mass is 464 g/mol. The summed E-state index contributed by atoms with van der Waals surface area (Å²) in [5.74, 6) is -1.46. The Bertz CT molecular complexity index is 1230. The van der Waals surface area contributed by atoms with E-state index >= 15 is 0 Å². The molecule has 0 amide bonds. The van der Waals surface area contributed by atoms with Gasteiger partial charge in [-0.1, -0.05) is 57.0 Å². The summed E-state index contributed by atoms with van der Waals surface area (Å²) in [6.45, 7) is 6.23. The lowest BCUT2D eigenvalue weighted by Crippen LogP contribution is -2.25. The molecule has 2 aromatic rings. The number of carboxylic acid groups (broad SMARTS) is 1. The van der Waals surface area contributed by atoms with E-state index in [0.29, 0.717) is 5.56 Å². The third kappa shape index (κ3) is 5.01. The van der Waals surface area contributed by atoms with Gasteiger partial charge in [0, 0.05) is 29.9 Å². The first-order valence-electron chi connectivity index (χ1n) is 11.1. The van der Waals surface area contributed by atoms with Crippen LogP contribution in [0.15, 0.2) is 63.9 Å². The number of nitrogens with zero attached hydrogens (tertiary/aromatic N) is 2. The summed E-state index contributed by atoms with van der Waals surface area (Å²) in [6, 6.07) is 15.4. The molecule has 1 aliphatic heterocycles. The minimum absolute atomic E-state index is 0.0159. The van der Waals surface area contributed by atoms with Gasteiger partial charge in [-0.05, 0) is 42.7 Å². The normalized spacial score (nSPS) is 16.8. The first-order chi connectivity index (χ1) is 15.8. The molecule has 0 spiro atoms. The molecule has 1 heterocycles. The number of allylic oxidation sites excluding steroid dienone is 1. The molecule has 33 heavy (non-hydrogen) atoms. The lowest BCUT2D eigenvalue weighted by molar-refractivity contribution is -0.132. The summed E-state index contributed by atoms with van der Waals surface area (Å²) in [5.41, 5.74) is 1.28. The van der Waals surface area contributed by atoms with Crippen molar-refractivity contribution in [3.63, 3.8) is 0 Å². The number of unbranched alkanes of at least 4 members (excludes halogenated alkanes) is 2. The van der Waals surface area contributed by atoms with Crippen LogP contribution in [0.25, 0.3) is 11.6 Å². The van der Waals surface area contributed by atoms with Gasteiger partial charge in [0.2, 0.25) is 9.84 Å². The first kappa shape index (κ1) is 24.3. The summed E-state index contributed by atoms with van der Waals surface area (Å²) in [4.78, 5) is 13.9. The summed E-state index contributed by atoms with van der Waals surface area (Å²) in [5, 5.41) is 19.0. The van der Waals surface area contributed by atoms with Gasteiger partial charge in [-0.3, -0.25) is 0 Å². The number of hydrogen-bond acceptors (Lipinski definition) is 5. The summed E-state index contributed by atoms with van der Waals surface area (Å²) in [6.07, 6.45) is 5.84. The number of carbonyl (C=O) groups is 1. The van der Waals surface area contributed by atoms with Crippen LogP contribution in [-0.2, 0) is 14.6 Å². The predicted molar refractivity (Wildman–Crippen MR) is 130 cm³/mol. The molecule has 7 heteroatoms. The highest BCUT2D eigenvalue weighted by atomic mass is 32.2. The van der Waals surface area contributed by atoms with E-state index < -0.39 is 21.4 Å². The van der Waals surface area contributed by atoms with E-state index in [1.165, 1.54) is 18.2 Å². The molecular weight excluding hydrogens is 436 g/mol. The fourth-order valence-electron chi connectivity index (χ4n) is 3.91. The number of anilines is 1. The van der Waals surface area contributed by atoms with Crippen molar-refractivity contribution in [2.75, 3.05) is 18.0 Å². The van der Waals surface area contributed by atoms with Gasteiger partial charge in [0.15, 0.2) is 0 Å². The number of rotatable bonds is 9. The van der Waals surface area contributed by atoms with Crippen molar-refractivity contribution < 1.29 is 18.3 Å². The van der Waals surface area contributed by atoms with Crippen LogP contribution in [0.4, 0.5) is 5.69 Å². The van der Waals surface area contributed by atoms with Crippen molar-refractivity contribution in [1.82, 2.24) is 0 Å². The maximum Gasteiger partial charge on any atom is 0.347 e. The zero-order valence-electron chi connectivity index (χ0n) is 18.9. The molecule has 0 unspecified atom stereocenters. The molecular formula is C26H28N2O4S. The lowest BCUT2D eigenvalue weighted by atomic mass is 9.99. The number of sulfone groups is 1. The molecule has 0 radical (unpaired) electrons. The van der Waals surface area contributed by atoms with Crippen LogP contribution < -0.4 is 4.90 Å². The standard InChI is InChI=1S/C26H28N2O4S/c1-3-5-15-28(16-6-4-2)20-13-11-19(12-14-20)17-24-25(22(18-27)26(29)30)21-9-7-8-10-23(21)33(24,31)32/h7-14,17H,3-6,15-16H2,1-2H3,(H,29,30). The van der Waals surface area contributed by atoms with E-state index in [1.807, 2.05) is 24.3 Å². The van der Waals surface area contributed by atoms with Gasteiger partial charge < -0.3 is 10.0 Å². The Hall–Kier alpha value is -3.37. The summed E-state index contributed by atoms with van der Waals surface area (Å²) in [7, 11) is -3.95. The van der Waals surface area contributed by atoms with Crippen molar-refractivity contribution in [3.8, 4) is 6.07 Å². The molecule has 3 rings (SSSR count). The minimum Gasteiger partial charge on any atom is -0.477 e. The molecule has 6 nitrogen and oxygen atoms in total. The van der Waals surface area contributed by atoms with Crippen LogP contribution in [-0.4, -0.2) is 32.6 Å². The van der Waals surface area contributed by atoms with E-state index in [9.17, 15) is 23.6 Å². The van der Waals surface area contributed by atoms with Crippen LogP contribution in [0, 0.1) is 11.3 Å². The Labute approximate surface area is 195 Å². The van der Waals surface area contributed by atoms with Crippen molar-refractivity contribution in [1.29, 1.82) is 5.26 Å². The maximum atomic E-state index is 13.2. The van der Waals surface area contributed by atoms with Crippen LogP contribution in [0.5, 0.6) is 0 Å². The number of fused-ring (bicyclic) bond motifs is 1. The topological polar surface area (TPSA) is 98.5 Å². The number of aliphatic carboxylic acids is 1. The number of nitriles is 1. The Morgan fingerprint density at radius 2 is 1.64 bits per heavy atom. The summed E-state index contributed by atoms with van der Waals surface area (Å²) < 4.78 is 26.5. The van der Waals surface area contributed by atoms with E-state index in [4.69, 9.17) is 0 Å². The molecule has 0 atom stereocenters. The van der Waals surface area contributed by atoms with Gasteiger partial charge in [-0.2, -0.15) is 5.26 Å². The molecule has 172 valence electrons. The number of benzene rings is 2. The van der Waals surface area contributed by atoms with Gasteiger partial charge in [0.25, 0.3) is 0 Å². The molecule has 0 bridgehead atoms.